The second-order valence-corrected chi connectivity index (χ2v) is 9.45. The van der Waals surface area contributed by atoms with Gasteiger partial charge in [-0.25, -0.2) is 28.7 Å². The number of carbonyl (C=O) groups is 1. The molecule has 0 bridgehead atoms. The maximum Gasteiger partial charge on any atom is 0.250 e. The van der Waals surface area contributed by atoms with Crippen LogP contribution in [0, 0.1) is 18.6 Å². The maximum atomic E-state index is 15.0. The monoisotopic (exact) mass is 565 g/mol. The molecule has 1 amide bonds. The van der Waals surface area contributed by atoms with E-state index in [1.165, 1.54) is 31.8 Å². The van der Waals surface area contributed by atoms with Crippen LogP contribution in [0.2, 0.25) is 0 Å². The van der Waals surface area contributed by atoms with E-state index in [2.05, 4.69) is 30.6 Å². The highest BCUT2D eigenvalue weighted by molar-refractivity contribution is 5.98. The van der Waals surface area contributed by atoms with Crippen LogP contribution in [0.5, 0.6) is 5.75 Å². The zero-order valence-corrected chi connectivity index (χ0v) is 22.7. The Morgan fingerprint density at radius 3 is 2.61 bits per heavy atom. The van der Waals surface area contributed by atoms with E-state index in [0.717, 1.165) is 24.1 Å². The number of hydrogen-bond acceptors (Lipinski definition) is 10. The zero-order chi connectivity index (χ0) is 29.1. The van der Waals surface area contributed by atoms with E-state index in [4.69, 9.17) is 20.3 Å². The van der Waals surface area contributed by atoms with Gasteiger partial charge in [0.1, 0.15) is 47.5 Å². The number of nitrogens with two attached hydrogens (primary N) is 1. The first-order valence-corrected chi connectivity index (χ1v) is 13.0. The van der Waals surface area contributed by atoms with Crippen LogP contribution in [0.4, 0.5) is 31.9 Å². The minimum absolute atomic E-state index is 0.0264. The normalized spacial score (nSPS) is 12.8. The molecule has 214 valence electrons. The first-order chi connectivity index (χ1) is 19.8. The van der Waals surface area contributed by atoms with E-state index in [1.807, 2.05) is 6.92 Å². The van der Waals surface area contributed by atoms with Crippen LogP contribution in [-0.2, 0) is 16.1 Å². The fraction of sp³-hybridized carbons (Fsp3) is 0.333. The lowest BCUT2D eigenvalue weighted by molar-refractivity contribution is -0.119. The van der Waals surface area contributed by atoms with Crippen LogP contribution in [0.25, 0.3) is 11.5 Å². The van der Waals surface area contributed by atoms with Crippen molar-refractivity contribution in [2.45, 2.75) is 39.2 Å². The lowest BCUT2D eigenvalue weighted by atomic mass is 10.1. The predicted molar refractivity (Wildman–Crippen MR) is 147 cm³/mol. The van der Waals surface area contributed by atoms with E-state index in [-0.39, 0.29) is 60.1 Å². The summed E-state index contributed by atoms with van der Waals surface area (Å²) in [6.45, 7) is 3.55. The first-order valence-electron chi connectivity index (χ1n) is 13.0. The van der Waals surface area contributed by atoms with Gasteiger partial charge in [0.25, 0.3) is 5.91 Å². The fourth-order valence-electron chi connectivity index (χ4n) is 4.49. The highest BCUT2D eigenvalue weighted by atomic mass is 19.1. The van der Waals surface area contributed by atoms with E-state index in [1.54, 1.807) is 17.7 Å². The molecule has 4 N–H and O–H groups in total. The first kappa shape index (κ1) is 27.8. The van der Waals surface area contributed by atoms with Crippen molar-refractivity contribution in [3.8, 4) is 17.3 Å². The zero-order valence-electron chi connectivity index (χ0n) is 22.7. The Morgan fingerprint density at radius 1 is 1.22 bits per heavy atom. The number of nitrogens with zero attached hydrogens (tertiary/aromatic N) is 6. The summed E-state index contributed by atoms with van der Waals surface area (Å²) in [6.07, 6.45) is 4.74. The quantitative estimate of drug-likeness (QED) is 0.243. The molecular weight excluding hydrogens is 536 g/mol. The summed E-state index contributed by atoms with van der Waals surface area (Å²) in [5, 5.41) is 10.4. The Morgan fingerprint density at radius 2 is 1.98 bits per heavy atom. The maximum absolute atomic E-state index is 15.0. The molecule has 0 aliphatic heterocycles. The number of nitrogen functional groups attached to an aromatic ring is 1. The second-order valence-electron chi connectivity index (χ2n) is 9.45. The predicted octanol–water partition coefficient (Wildman–Crippen LogP) is 3.95. The third kappa shape index (κ3) is 6.06. The van der Waals surface area contributed by atoms with Gasteiger partial charge >= 0.3 is 0 Å². The number of hydrogen-bond donors (Lipinski definition) is 3. The number of methoxy groups -OCH3 is 1. The van der Waals surface area contributed by atoms with E-state index < -0.39 is 17.5 Å². The van der Waals surface area contributed by atoms with Crippen molar-refractivity contribution in [2.24, 2.45) is 0 Å². The van der Waals surface area contributed by atoms with Crippen molar-refractivity contribution in [3.63, 3.8) is 0 Å². The minimum atomic E-state index is -0.724. The number of amides is 1. The third-order valence-corrected chi connectivity index (χ3v) is 6.45. The molecule has 0 atom stereocenters. The Kier molecular flexibility index (Phi) is 8.01. The van der Waals surface area contributed by atoms with Crippen LogP contribution in [0.15, 0.2) is 30.7 Å². The topological polar surface area (TPSA) is 155 Å². The molecule has 12 nitrogen and oxygen atoms in total. The number of aromatic nitrogens is 6. The number of rotatable bonds is 11. The van der Waals surface area contributed by atoms with Crippen LogP contribution in [0.3, 0.4) is 0 Å². The molecule has 0 radical (unpaired) electrons. The van der Waals surface area contributed by atoms with E-state index >= 15 is 0 Å². The molecule has 1 aliphatic rings. The van der Waals surface area contributed by atoms with E-state index in [0.29, 0.717) is 11.5 Å². The van der Waals surface area contributed by atoms with Gasteiger partial charge in [0.05, 0.1) is 13.2 Å². The van der Waals surface area contributed by atoms with Crippen molar-refractivity contribution in [1.29, 1.82) is 0 Å². The van der Waals surface area contributed by atoms with Gasteiger partial charge in [0, 0.05) is 48.2 Å². The van der Waals surface area contributed by atoms with Crippen molar-refractivity contribution >= 4 is 29.0 Å². The summed E-state index contributed by atoms with van der Waals surface area (Å²) in [4.78, 5) is 29.4. The van der Waals surface area contributed by atoms with Crippen molar-refractivity contribution in [2.75, 3.05) is 36.7 Å². The van der Waals surface area contributed by atoms with Crippen molar-refractivity contribution in [1.82, 2.24) is 29.7 Å². The lowest BCUT2D eigenvalue weighted by Crippen LogP contribution is -2.20. The molecule has 1 fully saturated rings. The largest absolute Gasteiger partial charge is 0.494 e. The molecule has 1 aromatic carbocycles. The number of carbonyl (C=O) groups excluding carboxylic acids is 1. The molecule has 3 aromatic heterocycles. The third-order valence-electron chi connectivity index (χ3n) is 6.45. The van der Waals surface area contributed by atoms with Crippen LogP contribution in [-0.4, -0.2) is 55.9 Å². The molecule has 5 rings (SSSR count). The van der Waals surface area contributed by atoms with E-state index in [9.17, 15) is 13.6 Å². The Balaban J connectivity index is 1.57. The molecule has 0 saturated heterocycles. The number of nitrogens with one attached hydrogen (secondary N) is 2. The summed E-state index contributed by atoms with van der Waals surface area (Å²) in [7, 11) is 1.39. The summed E-state index contributed by atoms with van der Waals surface area (Å²) in [6, 6.07) is 3.95. The Bertz CT molecular complexity index is 1550. The molecular formula is C27H29F2N9O3. The van der Waals surface area contributed by atoms with Gasteiger partial charge in [-0.2, -0.15) is 5.10 Å². The molecule has 0 spiro atoms. The molecule has 41 heavy (non-hydrogen) atoms. The highest BCUT2D eigenvalue weighted by Gasteiger charge is 2.33. The van der Waals surface area contributed by atoms with Gasteiger partial charge < -0.3 is 25.8 Å². The summed E-state index contributed by atoms with van der Waals surface area (Å²) in [5.74, 6) is -0.899. The number of anilines is 4. The van der Waals surface area contributed by atoms with Gasteiger partial charge in [-0.15, -0.1) is 0 Å². The van der Waals surface area contributed by atoms with Gasteiger partial charge in [0.15, 0.2) is 17.5 Å². The van der Waals surface area contributed by atoms with Gasteiger partial charge in [-0.3, -0.25) is 9.48 Å². The fourth-order valence-corrected chi connectivity index (χ4v) is 4.49. The number of benzene rings is 1. The average Bonchev–Trinajstić information content (AvgIpc) is 3.71. The smallest absolute Gasteiger partial charge is 0.250 e. The number of halogens is 2. The van der Waals surface area contributed by atoms with Crippen LogP contribution >= 0.6 is 0 Å². The summed E-state index contributed by atoms with van der Waals surface area (Å²) >= 11 is 0. The van der Waals surface area contributed by atoms with Crippen LogP contribution in [0.1, 0.15) is 42.5 Å². The van der Waals surface area contributed by atoms with Crippen molar-refractivity contribution in [3.05, 3.63) is 59.2 Å². The lowest BCUT2D eigenvalue weighted by Gasteiger charge is -2.14. The van der Waals surface area contributed by atoms with Gasteiger partial charge in [-0.05, 0) is 32.8 Å². The average molecular weight is 566 g/mol. The highest BCUT2D eigenvalue weighted by Crippen LogP contribution is 2.44. The standard InChI is InChI=1S/C27H29F2N9O3/c1-4-41-16-9-18(28)17(19(29)10-16)11-38-24(15-5-6-15)14(2)22(37-38)26-35-25(30)23(34-21(39)12-40-3)27(36-26)33-20-7-8-31-13-32-20/h7-10,13,15H,4-6,11-12H2,1-3H3,(H,34,39)(H3,30,31,32,33,35,36). The Labute approximate surface area is 234 Å². The molecule has 0 unspecified atom stereocenters. The van der Waals surface area contributed by atoms with Gasteiger partial charge in [-0.1, -0.05) is 0 Å². The molecule has 1 saturated carbocycles. The van der Waals surface area contributed by atoms with Crippen molar-refractivity contribution < 1.29 is 23.0 Å². The molecule has 1 aliphatic carbocycles. The molecule has 4 aromatic rings. The van der Waals surface area contributed by atoms with Gasteiger partial charge in [0.2, 0.25) is 0 Å². The number of ether oxygens (including phenoxy) is 2. The van der Waals surface area contributed by atoms with Crippen LogP contribution < -0.4 is 21.1 Å². The molecule has 14 heteroatoms. The molecule has 3 heterocycles. The SMILES string of the molecule is CCOc1cc(F)c(Cn2nc(-c3nc(N)c(NC(=O)COC)c(Nc4ccncn4)n3)c(C)c2C2CC2)c(F)c1. The minimum Gasteiger partial charge on any atom is -0.494 e. The Hall–Kier alpha value is -4.72. The summed E-state index contributed by atoms with van der Waals surface area (Å²) in [5.41, 5.74) is 8.31. The summed E-state index contributed by atoms with van der Waals surface area (Å²) < 4.78 is 41.7. The second kappa shape index (κ2) is 11.8.